The maximum absolute atomic E-state index is 11.6. The fourth-order valence-corrected chi connectivity index (χ4v) is 2.23. The molecule has 98 valence electrons. The lowest BCUT2D eigenvalue weighted by molar-refractivity contribution is -0.146. The first-order chi connectivity index (χ1) is 8.12. The van der Waals surface area contributed by atoms with Crippen LogP contribution in [0, 0.1) is 0 Å². The summed E-state index contributed by atoms with van der Waals surface area (Å²) in [6, 6.07) is 0. The number of hydrogen-bond donors (Lipinski definition) is 1. The monoisotopic (exact) mass is 261 g/mol. The van der Waals surface area contributed by atoms with Crippen molar-refractivity contribution in [3.05, 3.63) is 0 Å². The molecule has 5 nitrogen and oxygen atoms in total. The van der Waals surface area contributed by atoms with Gasteiger partial charge in [-0.2, -0.15) is 0 Å². The smallest absolute Gasteiger partial charge is 0.315 e. The van der Waals surface area contributed by atoms with E-state index in [2.05, 4.69) is 5.32 Å². The van der Waals surface area contributed by atoms with Crippen molar-refractivity contribution in [2.75, 3.05) is 19.5 Å². The Kier molecular flexibility index (Phi) is 5.77. The van der Waals surface area contributed by atoms with Crippen molar-refractivity contribution in [3.8, 4) is 0 Å². The van der Waals surface area contributed by atoms with Gasteiger partial charge in [0, 0.05) is 11.3 Å². The van der Waals surface area contributed by atoms with E-state index in [1.54, 1.807) is 14.0 Å². The van der Waals surface area contributed by atoms with E-state index in [1.807, 2.05) is 0 Å². The van der Waals surface area contributed by atoms with Crippen molar-refractivity contribution < 1.29 is 18.5 Å². The summed E-state index contributed by atoms with van der Waals surface area (Å²) in [6.45, 7) is 2.03. The van der Waals surface area contributed by atoms with Crippen LogP contribution in [-0.2, 0) is 18.5 Å². The highest BCUT2D eigenvalue weighted by Crippen LogP contribution is 2.39. The Hall–Kier alpha value is -0.750. The van der Waals surface area contributed by atoms with Gasteiger partial charge < -0.3 is 14.2 Å². The number of amides is 1. The molecule has 1 N–H and O–H groups in total. The average molecular weight is 261 g/mol. The van der Waals surface area contributed by atoms with Crippen LogP contribution in [0.25, 0.3) is 0 Å². The molecule has 1 rings (SSSR count). The molecule has 1 fully saturated rings. The fourth-order valence-electron chi connectivity index (χ4n) is 1.59. The number of nitrogens with one attached hydrogen (secondary N) is 1. The van der Waals surface area contributed by atoms with Crippen molar-refractivity contribution in [2.45, 2.75) is 38.1 Å². The minimum Gasteiger partial charge on any atom is -0.466 e. The SMILES string of the molecule is CCOC(=O)CC(=O)NC1(CCSOC)CC1. The number of rotatable bonds is 8. The first-order valence-corrected chi connectivity index (χ1v) is 6.65. The van der Waals surface area contributed by atoms with Crippen LogP contribution in [0.2, 0.25) is 0 Å². The molecule has 0 heterocycles. The van der Waals surface area contributed by atoms with Crippen LogP contribution in [0.4, 0.5) is 0 Å². The molecule has 0 atom stereocenters. The van der Waals surface area contributed by atoms with Crippen LogP contribution < -0.4 is 5.32 Å². The van der Waals surface area contributed by atoms with Crippen LogP contribution in [-0.4, -0.2) is 36.9 Å². The van der Waals surface area contributed by atoms with E-state index in [4.69, 9.17) is 8.92 Å². The van der Waals surface area contributed by atoms with E-state index in [9.17, 15) is 9.59 Å². The molecular weight excluding hydrogens is 242 g/mol. The zero-order valence-corrected chi connectivity index (χ0v) is 11.1. The maximum atomic E-state index is 11.6. The predicted molar refractivity (Wildman–Crippen MR) is 65.4 cm³/mol. The molecule has 1 saturated carbocycles. The lowest BCUT2D eigenvalue weighted by Crippen LogP contribution is -2.38. The van der Waals surface area contributed by atoms with E-state index >= 15 is 0 Å². The van der Waals surface area contributed by atoms with E-state index in [0.717, 1.165) is 25.0 Å². The molecule has 1 aliphatic rings. The quantitative estimate of drug-likeness (QED) is 0.308. The molecule has 17 heavy (non-hydrogen) atoms. The summed E-state index contributed by atoms with van der Waals surface area (Å²) in [7, 11) is 1.63. The Morgan fingerprint density at radius 1 is 1.41 bits per heavy atom. The summed E-state index contributed by atoms with van der Waals surface area (Å²) in [6.07, 6.45) is 2.64. The summed E-state index contributed by atoms with van der Waals surface area (Å²) in [5.74, 6) is 0.131. The predicted octanol–water partition coefficient (Wildman–Crippen LogP) is 1.27. The van der Waals surface area contributed by atoms with Gasteiger partial charge in [-0.25, -0.2) is 0 Å². The molecule has 0 aromatic heterocycles. The second-order valence-electron chi connectivity index (χ2n) is 4.05. The topological polar surface area (TPSA) is 64.6 Å². The molecule has 0 bridgehead atoms. The fraction of sp³-hybridized carbons (Fsp3) is 0.818. The molecule has 0 saturated heterocycles. The van der Waals surface area contributed by atoms with E-state index < -0.39 is 5.97 Å². The molecule has 6 heteroatoms. The standard InChI is InChI=1S/C11H19NO4S/c1-3-16-10(14)8-9(13)12-11(4-5-11)6-7-17-15-2/h3-8H2,1-2H3,(H,12,13). The van der Waals surface area contributed by atoms with Crippen molar-refractivity contribution >= 4 is 23.9 Å². The van der Waals surface area contributed by atoms with Gasteiger partial charge in [-0.1, -0.05) is 0 Å². The van der Waals surface area contributed by atoms with Gasteiger partial charge in [-0.3, -0.25) is 9.59 Å². The van der Waals surface area contributed by atoms with Gasteiger partial charge in [0.2, 0.25) is 5.91 Å². The van der Waals surface area contributed by atoms with E-state index in [1.165, 1.54) is 12.0 Å². The zero-order chi connectivity index (χ0) is 12.7. The molecule has 0 radical (unpaired) electrons. The lowest BCUT2D eigenvalue weighted by Gasteiger charge is -2.16. The number of carbonyl (C=O) groups is 2. The highest BCUT2D eigenvalue weighted by atomic mass is 32.2. The van der Waals surface area contributed by atoms with Gasteiger partial charge in [0.1, 0.15) is 6.42 Å². The average Bonchev–Trinajstić information content (AvgIpc) is 2.98. The summed E-state index contributed by atoms with van der Waals surface area (Å²) >= 11 is 1.38. The minimum atomic E-state index is -0.466. The highest BCUT2D eigenvalue weighted by Gasteiger charge is 2.43. The zero-order valence-electron chi connectivity index (χ0n) is 10.3. The van der Waals surface area contributed by atoms with Crippen LogP contribution in [0.15, 0.2) is 0 Å². The minimum absolute atomic E-state index is 0.102. The maximum Gasteiger partial charge on any atom is 0.315 e. The Bertz CT molecular complexity index is 279. The third kappa shape index (κ3) is 5.41. The van der Waals surface area contributed by atoms with E-state index in [-0.39, 0.29) is 17.9 Å². The highest BCUT2D eigenvalue weighted by molar-refractivity contribution is 7.94. The molecule has 0 unspecified atom stereocenters. The van der Waals surface area contributed by atoms with Crippen LogP contribution in [0.3, 0.4) is 0 Å². The van der Waals surface area contributed by atoms with Crippen molar-refractivity contribution in [1.82, 2.24) is 5.32 Å². The molecule has 1 aliphatic carbocycles. The Labute approximate surface area is 106 Å². The summed E-state index contributed by atoms with van der Waals surface area (Å²) in [5.41, 5.74) is -0.102. The molecule has 0 spiro atoms. The Morgan fingerprint density at radius 3 is 2.65 bits per heavy atom. The first-order valence-electron chi connectivity index (χ1n) is 5.74. The summed E-state index contributed by atoms with van der Waals surface area (Å²) < 4.78 is 9.62. The number of ether oxygens (including phenoxy) is 1. The summed E-state index contributed by atoms with van der Waals surface area (Å²) in [5, 5.41) is 2.91. The second-order valence-corrected chi connectivity index (χ2v) is 5.03. The van der Waals surface area contributed by atoms with Crippen molar-refractivity contribution in [1.29, 1.82) is 0 Å². The van der Waals surface area contributed by atoms with Gasteiger partial charge in [0.15, 0.2) is 0 Å². The first kappa shape index (κ1) is 14.3. The van der Waals surface area contributed by atoms with Gasteiger partial charge >= 0.3 is 5.97 Å². The molecule has 0 aromatic rings. The Morgan fingerprint density at radius 2 is 2.12 bits per heavy atom. The normalized spacial score (nSPS) is 16.4. The van der Waals surface area contributed by atoms with Crippen molar-refractivity contribution in [3.63, 3.8) is 0 Å². The molecular formula is C11H19NO4S. The number of esters is 1. The largest absolute Gasteiger partial charge is 0.466 e. The van der Waals surface area contributed by atoms with Gasteiger partial charge in [-0.05, 0) is 38.2 Å². The lowest BCUT2D eigenvalue weighted by atomic mass is 10.2. The third-order valence-corrected chi connectivity index (χ3v) is 3.26. The molecule has 0 aliphatic heterocycles. The van der Waals surface area contributed by atoms with E-state index in [0.29, 0.717) is 6.61 Å². The van der Waals surface area contributed by atoms with Crippen LogP contribution in [0.5, 0.6) is 0 Å². The van der Waals surface area contributed by atoms with Crippen molar-refractivity contribution in [2.24, 2.45) is 0 Å². The van der Waals surface area contributed by atoms with Gasteiger partial charge in [0.25, 0.3) is 0 Å². The van der Waals surface area contributed by atoms with Crippen LogP contribution in [0.1, 0.15) is 32.6 Å². The number of carbonyl (C=O) groups excluding carboxylic acids is 2. The Balaban J connectivity index is 2.23. The molecule has 0 aromatic carbocycles. The number of hydrogen-bond acceptors (Lipinski definition) is 5. The van der Waals surface area contributed by atoms with Gasteiger partial charge in [-0.15, -0.1) is 0 Å². The molecule has 1 amide bonds. The van der Waals surface area contributed by atoms with Gasteiger partial charge in [0.05, 0.1) is 13.7 Å². The summed E-state index contributed by atoms with van der Waals surface area (Å²) in [4.78, 5) is 22.7. The third-order valence-electron chi connectivity index (χ3n) is 2.65. The van der Waals surface area contributed by atoms with Crippen LogP contribution >= 0.6 is 12.0 Å². The second kappa shape index (κ2) is 6.86.